The van der Waals surface area contributed by atoms with E-state index < -0.39 is 6.04 Å². The first-order valence-corrected chi connectivity index (χ1v) is 5.92. The highest BCUT2D eigenvalue weighted by atomic mass is 32.1. The normalized spacial score (nSPS) is 12.6. The zero-order valence-corrected chi connectivity index (χ0v) is 10.6. The standard InChI is InChI=1S/C12H14N2O2S/c1-3-16-11(15)8(2)14-10-7-5-4-6-9(10)13-12(14)17/h4-8H,3H2,1-2H3,(H,13,17). The van der Waals surface area contributed by atoms with Crippen LogP contribution in [-0.2, 0) is 9.53 Å². The molecule has 5 heteroatoms. The molecule has 0 saturated carbocycles. The largest absolute Gasteiger partial charge is 0.464 e. The summed E-state index contributed by atoms with van der Waals surface area (Å²) in [6, 6.07) is 7.28. The van der Waals surface area contributed by atoms with Crippen LogP contribution in [0.4, 0.5) is 0 Å². The van der Waals surface area contributed by atoms with E-state index in [0.717, 1.165) is 11.0 Å². The van der Waals surface area contributed by atoms with Gasteiger partial charge in [0.25, 0.3) is 0 Å². The molecule has 0 saturated heterocycles. The van der Waals surface area contributed by atoms with Gasteiger partial charge in [-0.25, -0.2) is 4.79 Å². The number of rotatable bonds is 3. The summed E-state index contributed by atoms with van der Waals surface area (Å²) < 4.78 is 7.33. The van der Waals surface area contributed by atoms with Crippen LogP contribution in [0.15, 0.2) is 24.3 Å². The van der Waals surface area contributed by atoms with Gasteiger partial charge in [-0.1, -0.05) is 12.1 Å². The van der Waals surface area contributed by atoms with Crippen molar-refractivity contribution in [1.29, 1.82) is 0 Å². The maximum atomic E-state index is 11.7. The van der Waals surface area contributed by atoms with Crippen molar-refractivity contribution in [2.45, 2.75) is 19.9 Å². The second-order valence-electron chi connectivity index (χ2n) is 3.75. The Kier molecular flexibility index (Phi) is 3.28. The number of fused-ring (bicyclic) bond motifs is 1. The van der Waals surface area contributed by atoms with Gasteiger partial charge in [-0.3, -0.25) is 0 Å². The van der Waals surface area contributed by atoms with Crippen LogP contribution in [-0.4, -0.2) is 22.1 Å². The zero-order chi connectivity index (χ0) is 12.4. The number of carbonyl (C=O) groups is 1. The second kappa shape index (κ2) is 4.71. The van der Waals surface area contributed by atoms with Crippen LogP contribution in [0, 0.1) is 4.77 Å². The van der Waals surface area contributed by atoms with E-state index in [4.69, 9.17) is 17.0 Å². The molecule has 0 amide bonds. The van der Waals surface area contributed by atoms with Crippen molar-refractivity contribution in [2.24, 2.45) is 0 Å². The van der Waals surface area contributed by atoms with E-state index in [0.29, 0.717) is 11.4 Å². The van der Waals surface area contributed by atoms with Gasteiger partial charge in [0.15, 0.2) is 4.77 Å². The number of imidazole rings is 1. The monoisotopic (exact) mass is 250 g/mol. The molecule has 2 rings (SSSR count). The fourth-order valence-electron chi connectivity index (χ4n) is 1.83. The zero-order valence-electron chi connectivity index (χ0n) is 9.77. The lowest BCUT2D eigenvalue weighted by atomic mass is 10.3. The average molecular weight is 250 g/mol. The number of carbonyl (C=O) groups excluding carboxylic acids is 1. The summed E-state index contributed by atoms with van der Waals surface area (Å²) in [6.07, 6.45) is 0. The molecule has 1 N–H and O–H groups in total. The molecule has 1 aromatic heterocycles. The number of para-hydroxylation sites is 2. The Morgan fingerprint density at radius 3 is 2.94 bits per heavy atom. The van der Waals surface area contributed by atoms with Crippen LogP contribution in [0.25, 0.3) is 11.0 Å². The highest BCUT2D eigenvalue weighted by molar-refractivity contribution is 7.71. The molecule has 1 unspecified atom stereocenters. The Hall–Kier alpha value is -1.62. The number of aromatic nitrogens is 2. The van der Waals surface area contributed by atoms with Gasteiger partial charge in [-0.05, 0) is 38.2 Å². The summed E-state index contributed by atoms with van der Waals surface area (Å²) in [4.78, 5) is 14.8. The number of hydrogen-bond donors (Lipinski definition) is 1. The van der Waals surface area contributed by atoms with Gasteiger partial charge >= 0.3 is 5.97 Å². The molecule has 0 fully saturated rings. The van der Waals surface area contributed by atoms with Crippen molar-refractivity contribution in [2.75, 3.05) is 6.61 Å². The van der Waals surface area contributed by atoms with Crippen LogP contribution in [0.3, 0.4) is 0 Å². The number of nitrogens with zero attached hydrogens (tertiary/aromatic N) is 1. The predicted molar refractivity (Wildman–Crippen MR) is 68.5 cm³/mol. The van der Waals surface area contributed by atoms with E-state index in [2.05, 4.69) is 4.98 Å². The maximum absolute atomic E-state index is 11.7. The van der Waals surface area contributed by atoms with E-state index >= 15 is 0 Å². The number of nitrogens with one attached hydrogen (secondary N) is 1. The highest BCUT2D eigenvalue weighted by Crippen LogP contribution is 2.19. The van der Waals surface area contributed by atoms with Gasteiger partial charge in [0, 0.05) is 0 Å². The Labute approximate surface area is 104 Å². The van der Waals surface area contributed by atoms with Crippen LogP contribution < -0.4 is 0 Å². The quantitative estimate of drug-likeness (QED) is 0.673. The van der Waals surface area contributed by atoms with Crippen molar-refractivity contribution >= 4 is 29.2 Å². The molecule has 17 heavy (non-hydrogen) atoms. The topological polar surface area (TPSA) is 47.0 Å². The van der Waals surface area contributed by atoms with Gasteiger partial charge < -0.3 is 14.3 Å². The predicted octanol–water partition coefficient (Wildman–Crippen LogP) is 2.82. The lowest BCUT2D eigenvalue weighted by Gasteiger charge is -2.12. The summed E-state index contributed by atoms with van der Waals surface area (Å²) >= 11 is 5.23. The molecule has 2 aromatic rings. The number of H-pyrrole nitrogens is 1. The van der Waals surface area contributed by atoms with Crippen molar-refractivity contribution < 1.29 is 9.53 Å². The summed E-state index contributed by atoms with van der Waals surface area (Å²) in [5, 5.41) is 0. The summed E-state index contributed by atoms with van der Waals surface area (Å²) in [7, 11) is 0. The molecule has 1 aromatic carbocycles. The highest BCUT2D eigenvalue weighted by Gasteiger charge is 2.19. The smallest absolute Gasteiger partial charge is 0.328 e. The van der Waals surface area contributed by atoms with Gasteiger partial charge in [-0.15, -0.1) is 0 Å². The number of esters is 1. The van der Waals surface area contributed by atoms with Crippen molar-refractivity contribution in [1.82, 2.24) is 9.55 Å². The van der Waals surface area contributed by atoms with E-state index in [-0.39, 0.29) is 5.97 Å². The lowest BCUT2D eigenvalue weighted by Crippen LogP contribution is -2.19. The molecule has 0 spiro atoms. The summed E-state index contributed by atoms with van der Waals surface area (Å²) in [5.41, 5.74) is 1.84. The minimum absolute atomic E-state index is 0.270. The SMILES string of the molecule is CCOC(=O)C(C)n1c(=S)[nH]c2ccccc21. The number of benzene rings is 1. The molecule has 0 aliphatic rings. The van der Waals surface area contributed by atoms with Crippen molar-refractivity contribution in [3.63, 3.8) is 0 Å². The van der Waals surface area contributed by atoms with Crippen LogP contribution in [0.5, 0.6) is 0 Å². The van der Waals surface area contributed by atoms with Crippen molar-refractivity contribution in [3.05, 3.63) is 29.0 Å². The van der Waals surface area contributed by atoms with Gasteiger partial charge in [0.2, 0.25) is 0 Å². The molecule has 0 aliphatic heterocycles. The first-order valence-electron chi connectivity index (χ1n) is 5.51. The van der Waals surface area contributed by atoms with Crippen LogP contribution >= 0.6 is 12.2 Å². The molecule has 0 aliphatic carbocycles. The molecular formula is C12H14N2O2S. The molecule has 1 heterocycles. The summed E-state index contributed by atoms with van der Waals surface area (Å²) in [5.74, 6) is -0.270. The van der Waals surface area contributed by atoms with Crippen LogP contribution in [0.2, 0.25) is 0 Å². The minimum Gasteiger partial charge on any atom is -0.464 e. The van der Waals surface area contributed by atoms with Gasteiger partial charge in [0.1, 0.15) is 6.04 Å². The second-order valence-corrected chi connectivity index (χ2v) is 4.13. The van der Waals surface area contributed by atoms with Crippen molar-refractivity contribution in [3.8, 4) is 0 Å². The maximum Gasteiger partial charge on any atom is 0.328 e. The average Bonchev–Trinajstić information content (AvgIpc) is 2.64. The Bertz CT molecular complexity index is 600. The van der Waals surface area contributed by atoms with Gasteiger partial charge in [-0.2, -0.15) is 0 Å². The first-order chi connectivity index (χ1) is 8.15. The Morgan fingerprint density at radius 1 is 1.53 bits per heavy atom. The summed E-state index contributed by atoms with van der Waals surface area (Å²) in [6.45, 7) is 3.95. The van der Waals surface area contributed by atoms with E-state index in [1.54, 1.807) is 18.4 Å². The molecular weight excluding hydrogens is 236 g/mol. The third-order valence-electron chi connectivity index (χ3n) is 2.64. The molecule has 1 atom stereocenters. The molecule has 0 radical (unpaired) electrons. The Morgan fingerprint density at radius 2 is 2.24 bits per heavy atom. The lowest BCUT2D eigenvalue weighted by molar-refractivity contribution is -0.146. The first kappa shape index (κ1) is 11.9. The van der Waals surface area contributed by atoms with Gasteiger partial charge in [0.05, 0.1) is 17.6 Å². The fourth-order valence-corrected chi connectivity index (χ4v) is 2.19. The van der Waals surface area contributed by atoms with E-state index in [1.807, 2.05) is 24.3 Å². The molecule has 0 bridgehead atoms. The van der Waals surface area contributed by atoms with E-state index in [9.17, 15) is 4.79 Å². The number of aromatic amines is 1. The van der Waals surface area contributed by atoms with Crippen LogP contribution in [0.1, 0.15) is 19.9 Å². The minimum atomic E-state index is -0.418. The van der Waals surface area contributed by atoms with E-state index in [1.165, 1.54) is 0 Å². The third kappa shape index (κ3) is 2.10. The molecule has 4 nitrogen and oxygen atoms in total. The number of hydrogen-bond acceptors (Lipinski definition) is 3. The third-order valence-corrected chi connectivity index (χ3v) is 2.94. The Balaban J connectivity index is 2.51. The molecule has 90 valence electrons. The number of ether oxygens (including phenoxy) is 1. The fraction of sp³-hybridized carbons (Fsp3) is 0.333.